The number of aliphatic hydroxyl groups excluding tert-OH is 1. The number of anilines is 1. The van der Waals surface area contributed by atoms with Crippen molar-refractivity contribution in [3.05, 3.63) is 29.3 Å². The van der Waals surface area contributed by atoms with Gasteiger partial charge in [0.2, 0.25) is 0 Å². The maximum absolute atomic E-state index is 12.1. The summed E-state index contributed by atoms with van der Waals surface area (Å²) in [6.45, 7) is 6.04. The summed E-state index contributed by atoms with van der Waals surface area (Å²) < 4.78 is 0. The molecule has 110 valence electrons. The molecule has 4 nitrogen and oxygen atoms in total. The molecular formula is C16H24N2O2. The van der Waals surface area contributed by atoms with Gasteiger partial charge in [-0.1, -0.05) is 13.0 Å². The van der Waals surface area contributed by atoms with Crippen LogP contribution in [0.5, 0.6) is 0 Å². The predicted octanol–water partition coefficient (Wildman–Crippen LogP) is 2.84. The molecule has 1 saturated carbocycles. The van der Waals surface area contributed by atoms with Gasteiger partial charge in [0, 0.05) is 5.69 Å². The molecule has 0 bridgehead atoms. The highest BCUT2D eigenvalue weighted by Crippen LogP contribution is 2.39. The fourth-order valence-electron chi connectivity index (χ4n) is 2.54. The van der Waals surface area contributed by atoms with Crippen molar-refractivity contribution >= 4 is 11.7 Å². The molecule has 3 N–H and O–H groups in total. The van der Waals surface area contributed by atoms with Crippen molar-refractivity contribution in [3.8, 4) is 0 Å². The Labute approximate surface area is 120 Å². The molecule has 0 aliphatic heterocycles. The Balaban J connectivity index is 2.00. The third-order valence-electron chi connectivity index (χ3n) is 4.19. The minimum absolute atomic E-state index is 0.0286. The number of aryl methyl sites for hydroxylation is 2. The fourth-order valence-corrected chi connectivity index (χ4v) is 2.54. The van der Waals surface area contributed by atoms with Gasteiger partial charge in [0.15, 0.2) is 0 Å². The van der Waals surface area contributed by atoms with E-state index >= 15 is 0 Å². The highest BCUT2D eigenvalue weighted by molar-refractivity contribution is 5.90. The number of amides is 2. The summed E-state index contributed by atoms with van der Waals surface area (Å²) in [5.41, 5.74) is 2.75. The summed E-state index contributed by atoms with van der Waals surface area (Å²) in [6, 6.07) is 5.67. The number of rotatable bonds is 5. The van der Waals surface area contributed by atoms with E-state index in [-0.39, 0.29) is 12.6 Å². The summed E-state index contributed by atoms with van der Waals surface area (Å²) >= 11 is 0. The number of hydrogen-bond donors (Lipinski definition) is 3. The number of nitrogens with one attached hydrogen (secondary N) is 2. The summed E-state index contributed by atoms with van der Waals surface area (Å²) in [7, 11) is 0. The van der Waals surface area contributed by atoms with E-state index in [1.807, 2.05) is 25.1 Å². The van der Waals surface area contributed by atoms with E-state index in [0.29, 0.717) is 5.92 Å². The maximum atomic E-state index is 12.1. The molecule has 1 aliphatic rings. The minimum atomic E-state index is -0.512. The van der Waals surface area contributed by atoms with Crippen molar-refractivity contribution in [2.75, 3.05) is 11.9 Å². The standard InChI is InChI=1S/C16H24N2O2/c1-4-12-9-14(8-5-11(12)2)17-15(20)18-16(3,10-19)13-6-7-13/h5,8-9,13,19H,4,6-7,10H2,1-3H3,(H2,17,18,20). The van der Waals surface area contributed by atoms with Crippen LogP contribution in [0, 0.1) is 12.8 Å². The first-order valence-corrected chi connectivity index (χ1v) is 7.28. The highest BCUT2D eigenvalue weighted by atomic mass is 16.3. The van der Waals surface area contributed by atoms with Gasteiger partial charge in [0.25, 0.3) is 0 Å². The van der Waals surface area contributed by atoms with Crippen LogP contribution >= 0.6 is 0 Å². The first kappa shape index (κ1) is 14.9. The normalized spacial score (nSPS) is 17.4. The average molecular weight is 276 g/mol. The first-order chi connectivity index (χ1) is 9.48. The predicted molar refractivity (Wildman–Crippen MR) is 80.9 cm³/mol. The second-order valence-electron chi connectivity index (χ2n) is 5.92. The Kier molecular flexibility index (Phi) is 4.33. The van der Waals surface area contributed by atoms with Crippen molar-refractivity contribution in [2.24, 2.45) is 5.92 Å². The summed E-state index contributed by atoms with van der Waals surface area (Å²) in [4.78, 5) is 12.1. The van der Waals surface area contributed by atoms with E-state index in [4.69, 9.17) is 0 Å². The number of carbonyl (C=O) groups is 1. The molecule has 1 aromatic rings. The Bertz CT molecular complexity index is 497. The van der Waals surface area contributed by atoms with Crippen LogP contribution in [0.2, 0.25) is 0 Å². The van der Waals surface area contributed by atoms with Crippen LogP contribution in [-0.2, 0) is 6.42 Å². The molecule has 0 saturated heterocycles. The van der Waals surface area contributed by atoms with Crippen molar-refractivity contribution < 1.29 is 9.90 Å². The van der Waals surface area contributed by atoms with Gasteiger partial charge in [-0.2, -0.15) is 0 Å². The molecule has 1 aliphatic carbocycles. The van der Waals surface area contributed by atoms with E-state index in [1.54, 1.807) is 0 Å². The van der Waals surface area contributed by atoms with E-state index in [0.717, 1.165) is 24.9 Å². The Morgan fingerprint density at radius 3 is 2.70 bits per heavy atom. The van der Waals surface area contributed by atoms with E-state index in [2.05, 4.69) is 24.5 Å². The molecule has 1 aromatic carbocycles. The van der Waals surface area contributed by atoms with E-state index < -0.39 is 5.54 Å². The van der Waals surface area contributed by atoms with Crippen LogP contribution in [0.15, 0.2) is 18.2 Å². The SMILES string of the molecule is CCc1cc(NC(=O)NC(C)(CO)C2CC2)ccc1C. The molecule has 1 unspecified atom stereocenters. The molecule has 0 aromatic heterocycles. The minimum Gasteiger partial charge on any atom is -0.394 e. The third kappa shape index (κ3) is 3.31. The van der Waals surface area contributed by atoms with Crippen LogP contribution < -0.4 is 10.6 Å². The zero-order chi connectivity index (χ0) is 14.8. The molecule has 4 heteroatoms. The third-order valence-corrected chi connectivity index (χ3v) is 4.19. The monoisotopic (exact) mass is 276 g/mol. The topological polar surface area (TPSA) is 61.4 Å². The largest absolute Gasteiger partial charge is 0.394 e. The van der Waals surface area contributed by atoms with Crippen LogP contribution in [-0.4, -0.2) is 23.3 Å². The second-order valence-corrected chi connectivity index (χ2v) is 5.92. The molecule has 0 heterocycles. The zero-order valence-electron chi connectivity index (χ0n) is 12.5. The molecule has 0 radical (unpaired) electrons. The van der Waals surface area contributed by atoms with Crippen molar-refractivity contribution in [3.63, 3.8) is 0 Å². The number of urea groups is 1. The molecule has 1 fully saturated rings. The Morgan fingerprint density at radius 1 is 1.45 bits per heavy atom. The molecule has 0 spiro atoms. The molecule has 2 rings (SSSR count). The van der Waals surface area contributed by atoms with Crippen LogP contribution in [0.1, 0.15) is 37.8 Å². The summed E-state index contributed by atoms with van der Waals surface area (Å²) in [6.07, 6.45) is 3.09. The van der Waals surface area contributed by atoms with Gasteiger partial charge in [-0.15, -0.1) is 0 Å². The molecule has 20 heavy (non-hydrogen) atoms. The van der Waals surface area contributed by atoms with Gasteiger partial charge in [-0.3, -0.25) is 0 Å². The van der Waals surface area contributed by atoms with Crippen LogP contribution in [0.3, 0.4) is 0 Å². The van der Waals surface area contributed by atoms with Gasteiger partial charge in [0.05, 0.1) is 12.1 Å². The lowest BCUT2D eigenvalue weighted by molar-refractivity contribution is 0.159. The van der Waals surface area contributed by atoms with Gasteiger partial charge in [-0.25, -0.2) is 4.79 Å². The average Bonchev–Trinajstić information content (AvgIpc) is 3.25. The van der Waals surface area contributed by atoms with Crippen LogP contribution in [0.4, 0.5) is 10.5 Å². The van der Waals surface area contributed by atoms with Crippen LogP contribution in [0.25, 0.3) is 0 Å². The molecular weight excluding hydrogens is 252 g/mol. The fraction of sp³-hybridized carbons (Fsp3) is 0.562. The molecule has 1 atom stereocenters. The highest BCUT2D eigenvalue weighted by Gasteiger charge is 2.42. The van der Waals surface area contributed by atoms with Gasteiger partial charge >= 0.3 is 6.03 Å². The zero-order valence-corrected chi connectivity index (χ0v) is 12.5. The first-order valence-electron chi connectivity index (χ1n) is 7.28. The van der Waals surface area contributed by atoms with Gasteiger partial charge in [-0.05, 0) is 62.3 Å². The number of aliphatic hydroxyl groups is 1. The number of carbonyl (C=O) groups excluding carboxylic acids is 1. The van der Waals surface area contributed by atoms with Crippen molar-refractivity contribution in [2.45, 2.75) is 45.6 Å². The Morgan fingerprint density at radius 2 is 2.15 bits per heavy atom. The lowest BCUT2D eigenvalue weighted by Gasteiger charge is -2.28. The summed E-state index contributed by atoms with van der Waals surface area (Å²) in [5.74, 6) is 0.391. The van der Waals surface area contributed by atoms with E-state index in [1.165, 1.54) is 11.1 Å². The molecule has 2 amide bonds. The quantitative estimate of drug-likeness (QED) is 0.774. The lowest BCUT2D eigenvalue weighted by atomic mass is 9.97. The van der Waals surface area contributed by atoms with Crippen molar-refractivity contribution in [1.82, 2.24) is 5.32 Å². The Hall–Kier alpha value is -1.55. The van der Waals surface area contributed by atoms with Gasteiger partial charge < -0.3 is 15.7 Å². The number of benzene rings is 1. The summed E-state index contributed by atoms with van der Waals surface area (Å²) in [5, 5.41) is 15.2. The van der Waals surface area contributed by atoms with Crippen molar-refractivity contribution in [1.29, 1.82) is 0 Å². The lowest BCUT2D eigenvalue weighted by Crippen LogP contribution is -2.52. The second kappa shape index (κ2) is 5.83. The van der Waals surface area contributed by atoms with E-state index in [9.17, 15) is 9.90 Å². The maximum Gasteiger partial charge on any atom is 0.319 e. The smallest absolute Gasteiger partial charge is 0.319 e. The number of hydrogen-bond acceptors (Lipinski definition) is 2. The van der Waals surface area contributed by atoms with Gasteiger partial charge in [0.1, 0.15) is 0 Å².